The fourth-order valence-corrected chi connectivity index (χ4v) is 4.24. The number of ether oxygens (including phenoxy) is 3. The largest absolute Gasteiger partial charge is 0.496 e. The summed E-state index contributed by atoms with van der Waals surface area (Å²) < 4.78 is 15.6. The lowest BCUT2D eigenvalue weighted by Crippen LogP contribution is -2.28. The minimum Gasteiger partial charge on any atom is -0.496 e. The highest BCUT2D eigenvalue weighted by molar-refractivity contribution is 8.00. The van der Waals surface area contributed by atoms with Crippen LogP contribution in [0.15, 0.2) is 42.5 Å². The second-order valence-electron chi connectivity index (χ2n) is 5.94. The van der Waals surface area contributed by atoms with E-state index in [1.54, 1.807) is 43.0 Å². The molecule has 0 radical (unpaired) electrons. The third-order valence-corrected chi connectivity index (χ3v) is 5.70. The van der Waals surface area contributed by atoms with Crippen LogP contribution < -0.4 is 9.47 Å². The first-order valence-electron chi connectivity index (χ1n) is 8.38. The van der Waals surface area contributed by atoms with Crippen LogP contribution in [0.1, 0.15) is 26.9 Å². The highest BCUT2D eigenvalue weighted by atomic mass is 32.2. The third kappa shape index (κ3) is 3.88. The number of carbonyl (C=O) groups is 2. The minimum atomic E-state index is -0.382. The van der Waals surface area contributed by atoms with E-state index in [9.17, 15) is 9.59 Å². The molecule has 0 spiro atoms. The predicted octanol–water partition coefficient (Wildman–Crippen LogP) is 3.26. The molecule has 1 fully saturated rings. The van der Waals surface area contributed by atoms with Crippen molar-refractivity contribution in [3.63, 3.8) is 0 Å². The molecule has 2 aromatic rings. The number of methoxy groups -OCH3 is 3. The van der Waals surface area contributed by atoms with Crippen molar-refractivity contribution in [1.82, 2.24) is 4.90 Å². The minimum absolute atomic E-state index is 0.0509. The van der Waals surface area contributed by atoms with Gasteiger partial charge in [-0.05, 0) is 29.8 Å². The quantitative estimate of drug-likeness (QED) is 0.709. The number of thioether (sulfide) groups is 1. The van der Waals surface area contributed by atoms with Crippen molar-refractivity contribution in [3.05, 3.63) is 59.2 Å². The predicted molar refractivity (Wildman–Crippen MR) is 103 cm³/mol. The topological polar surface area (TPSA) is 65.1 Å². The molecule has 3 rings (SSSR count). The molecule has 0 aliphatic carbocycles. The maximum absolute atomic E-state index is 12.5. The zero-order chi connectivity index (χ0) is 19.4. The molecule has 0 bridgehead atoms. The van der Waals surface area contributed by atoms with Crippen molar-refractivity contribution in [2.24, 2.45) is 0 Å². The number of rotatable bonds is 6. The van der Waals surface area contributed by atoms with E-state index in [1.807, 2.05) is 30.3 Å². The van der Waals surface area contributed by atoms with Gasteiger partial charge in [0.15, 0.2) is 0 Å². The van der Waals surface area contributed by atoms with Crippen LogP contribution in [0.3, 0.4) is 0 Å². The molecule has 1 unspecified atom stereocenters. The van der Waals surface area contributed by atoms with Gasteiger partial charge in [0, 0.05) is 0 Å². The van der Waals surface area contributed by atoms with Gasteiger partial charge in [-0.2, -0.15) is 0 Å². The van der Waals surface area contributed by atoms with Gasteiger partial charge in [-0.25, -0.2) is 4.79 Å². The normalized spacial score (nSPS) is 16.3. The maximum atomic E-state index is 12.5. The van der Waals surface area contributed by atoms with Crippen LogP contribution in [0.25, 0.3) is 0 Å². The van der Waals surface area contributed by atoms with Gasteiger partial charge in [-0.15, -0.1) is 11.8 Å². The van der Waals surface area contributed by atoms with E-state index in [0.717, 1.165) is 11.1 Å². The van der Waals surface area contributed by atoms with Crippen molar-refractivity contribution in [1.29, 1.82) is 0 Å². The van der Waals surface area contributed by atoms with E-state index in [0.29, 0.717) is 29.4 Å². The molecule has 0 N–H and O–H groups in total. The first-order chi connectivity index (χ1) is 13.1. The van der Waals surface area contributed by atoms with Gasteiger partial charge < -0.3 is 19.1 Å². The summed E-state index contributed by atoms with van der Waals surface area (Å²) in [4.78, 5) is 26.0. The molecule has 1 aliphatic rings. The fourth-order valence-electron chi connectivity index (χ4n) is 3.06. The Morgan fingerprint density at radius 1 is 1.07 bits per heavy atom. The molecule has 1 atom stereocenters. The molecular formula is C20H21NO5S. The second kappa shape index (κ2) is 8.35. The molecule has 2 aromatic carbocycles. The SMILES string of the molecule is COC(=O)c1ccc(C2SCC(=O)N2Cc2c(OC)cccc2OC)cc1. The van der Waals surface area contributed by atoms with E-state index in [-0.39, 0.29) is 17.3 Å². The summed E-state index contributed by atoms with van der Waals surface area (Å²) in [6.07, 6.45) is 0. The van der Waals surface area contributed by atoms with Crippen molar-refractivity contribution < 1.29 is 23.8 Å². The maximum Gasteiger partial charge on any atom is 0.337 e. The van der Waals surface area contributed by atoms with Gasteiger partial charge in [0.2, 0.25) is 5.91 Å². The van der Waals surface area contributed by atoms with Gasteiger partial charge in [0.1, 0.15) is 16.9 Å². The van der Waals surface area contributed by atoms with Gasteiger partial charge in [-0.3, -0.25) is 4.79 Å². The Labute approximate surface area is 162 Å². The lowest BCUT2D eigenvalue weighted by atomic mass is 10.1. The third-order valence-electron chi connectivity index (χ3n) is 4.44. The zero-order valence-corrected chi connectivity index (χ0v) is 16.2. The van der Waals surface area contributed by atoms with Crippen LogP contribution in [0, 0.1) is 0 Å². The van der Waals surface area contributed by atoms with E-state index >= 15 is 0 Å². The molecule has 1 heterocycles. The van der Waals surface area contributed by atoms with Crippen molar-refractivity contribution >= 4 is 23.6 Å². The van der Waals surface area contributed by atoms with E-state index in [4.69, 9.17) is 14.2 Å². The average molecular weight is 387 g/mol. The lowest BCUT2D eigenvalue weighted by Gasteiger charge is -2.26. The van der Waals surface area contributed by atoms with Crippen molar-refractivity contribution in [2.75, 3.05) is 27.1 Å². The van der Waals surface area contributed by atoms with Gasteiger partial charge in [0.25, 0.3) is 0 Å². The molecule has 1 aliphatic heterocycles. The van der Waals surface area contributed by atoms with Crippen molar-refractivity contribution in [2.45, 2.75) is 11.9 Å². The molecule has 0 saturated carbocycles. The fraction of sp³-hybridized carbons (Fsp3) is 0.300. The van der Waals surface area contributed by atoms with Crippen LogP contribution in [0.5, 0.6) is 11.5 Å². The lowest BCUT2D eigenvalue weighted by molar-refractivity contribution is -0.128. The molecule has 1 amide bonds. The number of hydrogen-bond acceptors (Lipinski definition) is 6. The van der Waals surface area contributed by atoms with Gasteiger partial charge in [-0.1, -0.05) is 18.2 Å². The number of nitrogens with zero attached hydrogens (tertiary/aromatic N) is 1. The average Bonchev–Trinajstić information content (AvgIpc) is 3.08. The van der Waals surface area contributed by atoms with Crippen LogP contribution in [0.4, 0.5) is 0 Å². The highest BCUT2D eigenvalue weighted by Crippen LogP contribution is 2.41. The molecule has 6 nitrogen and oxygen atoms in total. The van der Waals surface area contributed by atoms with E-state index < -0.39 is 0 Å². The summed E-state index contributed by atoms with van der Waals surface area (Å²) in [5.41, 5.74) is 2.26. The summed E-state index contributed by atoms with van der Waals surface area (Å²) in [5.74, 6) is 1.43. The van der Waals surface area contributed by atoms with Crippen LogP contribution in [0.2, 0.25) is 0 Å². The number of amides is 1. The first-order valence-corrected chi connectivity index (χ1v) is 9.43. The first kappa shape index (κ1) is 19.1. The van der Waals surface area contributed by atoms with Crippen molar-refractivity contribution in [3.8, 4) is 11.5 Å². The highest BCUT2D eigenvalue weighted by Gasteiger charge is 2.34. The molecule has 0 aromatic heterocycles. The second-order valence-corrected chi connectivity index (χ2v) is 7.01. The number of esters is 1. The van der Waals surface area contributed by atoms with Gasteiger partial charge >= 0.3 is 5.97 Å². The summed E-state index contributed by atoms with van der Waals surface area (Å²) in [6.45, 7) is 0.377. The summed E-state index contributed by atoms with van der Waals surface area (Å²) in [7, 11) is 4.55. The van der Waals surface area contributed by atoms with Gasteiger partial charge in [0.05, 0.1) is 44.8 Å². The Bertz CT molecular complexity index is 815. The van der Waals surface area contributed by atoms with Crippen LogP contribution >= 0.6 is 11.8 Å². The molecular weight excluding hydrogens is 366 g/mol. The monoisotopic (exact) mass is 387 g/mol. The summed E-state index contributed by atoms with van der Waals surface area (Å²) in [5, 5.41) is -0.140. The molecule has 27 heavy (non-hydrogen) atoms. The number of hydrogen-bond donors (Lipinski definition) is 0. The molecule has 142 valence electrons. The Balaban J connectivity index is 1.89. The standard InChI is InChI=1S/C20H21NO5S/c1-24-16-5-4-6-17(25-2)15(16)11-21-18(22)12-27-19(21)13-7-9-14(10-8-13)20(23)26-3/h4-10,19H,11-12H2,1-3H3. The number of carbonyl (C=O) groups excluding carboxylic acids is 2. The summed E-state index contributed by atoms with van der Waals surface area (Å²) >= 11 is 1.56. The number of benzene rings is 2. The Hall–Kier alpha value is -2.67. The van der Waals surface area contributed by atoms with Crippen LogP contribution in [-0.2, 0) is 16.1 Å². The van der Waals surface area contributed by atoms with E-state index in [1.165, 1.54) is 7.11 Å². The Morgan fingerprint density at radius 3 is 2.26 bits per heavy atom. The summed E-state index contributed by atoms with van der Waals surface area (Å²) in [6, 6.07) is 12.7. The smallest absolute Gasteiger partial charge is 0.337 e. The Kier molecular flexibility index (Phi) is 5.91. The zero-order valence-electron chi connectivity index (χ0n) is 15.4. The van der Waals surface area contributed by atoms with E-state index in [2.05, 4.69) is 0 Å². The van der Waals surface area contributed by atoms with Crippen LogP contribution in [-0.4, -0.2) is 43.9 Å². The Morgan fingerprint density at radius 2 is 1.70 bits per heavy atom. The molecule has 7 heteroatoms. The molecule has 1 saturated heterocycles.